The molecule has 9 heteroatoms. The van der Waals surface area contributed by atoms with Gasteiger partial charge in [-0.3, -0.25) is 9.89 Å². The average Bonchev–Trinajstić information content (AvgIpc) is 3.24. The summed E-state index contributed by atoms with van der Waals surface area (Å²) in [4.78, 5) is 9.39. The van der Waals surface area contributed by atoms with Gasteiger partial charge < -0.3 is 19.5 Å². The molecule has 31 heavy (non-hydrogen) atoms. The normalized spacial score (nSPS) is 15.2. The highest BCUT2D eigenvalue weighted by atomic mass is 19.1. The number of rotatable bonds is 9. The van der Waals surface area contributed by atoms with Crippen molar-refractivity contribution in [1.29, 1.82) is 0 Å². The quantitative estimate of drug-likeness (QED) is 0.373. The molecule has 2 heterocycles. The predicted octanol–water partition coefficient (Wildman–Crippen LogP) is 1.94. The maximum atomic E-state index is 14.0. The smallest absolute Gasteiger partial charge is 0.194 e. The topological polar surface area (TPSA) is 70.8 Å². The third-order valence-electron chi connectivity index (χ3n) is 5.31. The Morgan fingerprint density at radius 2 is 2.13 bits per heavy atom. The summed E-state index contributed by atoms with van der Waals surface area (Å²) in [5.41, 5.74) is 0.950. The molecule has 0 unspecified atom stereocenters. The summed E-state index contributed by atoms with van der Waals surface area (Å²) < 4.78 is 21.0. The van der Waals surface area contributed by atoms with Crippen LogP contribution in [0.25, 0.3) is 0 Å². The molecule has 1 aliphatic heterocycles. The van der Waals surface area contributed by atoms with Crippen LogP contribution in [-0.4, -0.2) is 76.9 Å². The predicted molar refractivity (Wildman–Crippen MR) is 120 cm³/mol. The van der Waals surface area contributed by atoms with Crippen LogP contribution in [0.3, 0.4) is 0 Å². The summed E-state index contributed by atoms with van der Waals surface area (Å²) in [7, 11) is 1.48. The van der Waals surface area contributed by atoms with Gasteiger partial charge in [-0.25, -0.2) is 4.39 Å². The summed E-state index contributed by atoms with van der Waals surface area (Å²) in [6, 6.07) is 5.16. The molecule has 1 fully saturated rings. The molecular formula is C22H32FN7O. The molecule has 0 spiro atoms. The Morgan fingerprint density at radius 3 is 2.81 bits per heavy atom. The van der Waals surface area contributed by atoms with Crippen LogP contribution in [0.4, 0.5) is 4.39 Å². The molecule has 1 aromatic heterocycles. The third-order valence-corrected chi connectivity index (χ3v) is 5.31. The number of guanidine groups is 1. The van der Waals surface area contributed by atoms with Crippen molar-refractivity contribution in [2.75, 3.05) is 46.4 Å². The molecule has 0 amide bonds. The molecule has 0 radical (unpaired) electrons. The molecule has 1 aromatic carbocycles. The lowest BCUT2D eigenvalue weighted by molar-refractivity contribution is 0.172. The van der Waals surface area contributed by atoms with Crippen LogP contribution in [0.1, 0.15) is 18.3 Å². The Hall–Kier alpha value is -2.94. The first-order valence-corrected chi connectivity index (χ1v) is 10.7. The van der Waals surface area contributed by atoms with Crippen molar-refractivity contribution in [3.63, 3.8) is 0 Å². The van der Waals surface area contributed by atoms with Crippen LogP contribution in [0.2, 0.25) is 0 Å². The molecule has 8 nitrogen and oxygen atoms in total. The number of hydrogen-bond acceptors (Lipinski definition) is 5. The Bertz CT molecular complexity index is 874. The first kappa shape index (κ1) is 22.7. The van der Waals surface area contributed by atoms with E-state index in [-0.39, 0.29) is 11.6 Å². The lowest BCUT2D eigenvalue weighted by atomic mass is 10.2. The fourth-order valence-electron chi connectivity index (χ4n) is 3.62. The van der Waals surface area contributed by atoms with Gasteiger partial charge in [0.2, 0.25) is 0 Å². The number of ether oxygens (including phenoxy) is 1. The van der Waals surface area contributed by atoms with Crippen molar-refractivity contribution < 1.29 is 9.13 Å². The molecule has 0 bridgehead atoms. The molecule has 1 N–H and O–H groups in total. The summed E-state index contributed by atoms with van der Waals surface area (Å²) in [6.07, 6.45) is 4.44. The Labute approximate surface area is 183 Å². The number of hydrogen-bond donors (Lipinski definition) is 1. The largest absolute Gasteiger partial charge is 0.494 e. The van der Waals surface area contributed by atoms with Crippen molar-refractivity contribution in [2.45, 2.75) is 26.4 Å². The van der Waals surface area contributed by atoms with E-state index in [4.69, 9.17) is 9.73 Å². The van der Waals surface area contributed by atoms with Gasteiger partial charge in [0.1, 0.15) is 12.2 Å². The van der Waals surface area contributed by atoms with Crippen LogP contribution in [0, 0.1) is 5.82 Å². The minimum atomic E-state index is -0.319. The second kappa shape index (κ2) is 11.5. The van der Waals surface area contributed by atoms with Gasteiger partial charge in [0, 0.05) is 52.2 Å². The molecule has 2 aromatic rings. The maximum Gasteiger partial charge on any atom is 0.194 e. The van der Waals surface area contributed by atoms with Gasteiger partial charge in [-0.1, -0.05) is 19.1 Å². The molecule has 0 saturated carbocycles. The van der Waals surface area contributed by atoms with Gasteiger partial charge in [-0.05, 0) is 17.7 Å². The molecule has 0 atom stereocenters. The molecule has 1 aliphatic rings. The molecule has 1 saturated heterocycles. The summed E-state index contributed by atoms with van der Waals surface area (Å²) in [5, 5.41) is 11.5. The minimum absolute atomic E-state index is 0.278. The van der Waals surface area contributed by atoms with E-state index < -0.39 is 0 Å². The van der Waals surface area contributed by atoms with E-state index in [1.54, 1.807) is 18.5 Å². The van der Waals surface area contributed by atoms with Crippen LogP contribution in [0.15, 0.2) is 42.2 Å². The standard InChI is InChI=1S/C22H32FN7O/c1-4-8-24-22(25-9-10-30-17-26-27-21(30)5-2)29-13-11-28(12-14-29)16-18-6-7-20(31-3)19(23)15-18/h4,6-7,15,17H,1,5,8-14,16H2,2-3H3,(H,24,25). The van der Waals surface area contributed by atoms with Gasteiger partial charge in [0.15, 0.2) is 17.5 Å². The van der Waals surface area contributed by atoms with Gasteiger partial charge in [0.25, 0.3) is 0 Å². The number of aryl methyl sites for hydroxylation is 1. The fraction of sp³-hybridized carbons (Fsp3) is 0.500. The number of aliphatic imine (C=N–C) groups is 1. The van der Waals surface area contributed by atoms with E-state index >= 15 is 0 Å². The zero-order valence-corrected chi connectivity index (χ0v) is 18.4. The van der Waals surface area contributed by atoms with Crippen molar-refractivity contribution in [3.05, 3.63) is 54.4 Å². The number of methoxy groups -OCH3 is 1. The van der Waals surface area contributed by atoms with E-state index in [0.717, 1.165) is 63.0 Å². The molecule has 3 rings (SSSR count). The first-order chi connectivity index (χ1) is 15.1. The number of piperazine rings is 1. The van der Waals surface area contributed by atoms with E-state index in [9.17, 15) is 4.39 Å². The molecule has 168 valence electrons. The summed E-state index contributed by atoms with van der Waals surface area (Å²) in [5.74, 6) is 1.82. The molecular weight excluding hydrogens is 397 g/mol. The lowest BCUT2D eigenvalue weighted by Crippen LogP contribution is -2.52. The third kappa shape index (κ3) is 6.27. The first-order valence-electron chi connectivity index (χ1n) is 10.7. The van der Waals surface area contributed by atoms with Crippen molar-refractivity contribution >= 4 is 5.96 Å². The summed E-state index contributed by atoms with van der Waals surface area (Å²) in [6.45, 7) is 12.1. The number of halogens is 1. The number of nitrogens with zero attached hydrogens (tertiary/aromatic N) is 6. The average molecular weight is 430 g/mol. The maximum absolute atomic E-state index is 14.0. The van der Waals surface area contributed by atoms with Crippen LogP contribution in [0.5, 0.6) is 5.75 Å². The zero-order valence-electron chi connectivity index (χ0n) is 18.4. The van der Waals surface area contributed by atoms with E-state index in [1.807, 2.05) is 16.7 Å². The number of aromatic nitrogens is 3. The highest BCUT2D eigenvalue weighted by molar-refractivity contribution is 5.80. The second-order valence-corrected chi connectivity index (χ2v) is 7.40. The van der Waals surface area contributed by atoms with Crippen molar-refractivity contribution in [1.82, 2.24) is 29.9 Å². The van der Waals surface area contributed by atoms with Crippen molar-refractivity contribution in [3.8, 4) is 5.75 Å². The highest BCUT2D eigenvalue weighted by Gasteiger charge is 2.20. The Morgan fingerprint density at radius 1 is 1.32 bits per heavy atom. The lowest BCUT2D eigenvalue weighted by Gasteiger charge is -2.36. The number of benzene rings is 1. The Kier molecular flexibility index (Phi) is 8.40. The zero-order chi connectivity index (χ0) is 22.1. The van der Waals surface area contributed by atoms with Gasteiger partial charge >= 0.3 is 0 Å². The van der Waals surface area contributed by atoms with Gasteiger partial charge in [-0.2, -0.15) is 0 Å². The van der Waals surface area contributed by atoms with Gasteiger partial charge in [-0.15, -0.1) is 16.8 Å². The second-order valence-electron chi connectivity index (χ2n) is 7.40. The Balaban J connectivity index is 1.54. The highest BCUT2D eigenvalue weighted by Crippen LogP contribution is 2.19. The SMILES string of the molecule is C=CCNC(=NCCn1cnnc1CC)N1CCN(Cc2ccc(OC)c(F)c2)CC1. The minimum Gasteiger partial charge on any atom is -0.494 e. The molecule has 0 aliphatic carbocycles. The summed E-state index contributed by atoms with van der Waals surface area (Å²) >= 11 is 0. The van der Waals surface area contributed by atoms with Crippen LogP contribution in [-0.2, 0) is 19.5 Å². The van der Waals surface area contributed by atoms with Crippen LogP contribution >= 0.6 is 0 Å². The fourth-order valence-corrected chi connectivity index (χ4v) is 3.62. The van der Waals surface area contributed by atoms with Crippen molar-refractivity contribution in [2.24, 2.45) is 4.99 Å². The van der Waals surface area contributed by atoms with E-state index in [1.165, 1.54) is 7.11 Å². The number of nitrogens with one attached hydrogen (secondary N) is 1. The van der Waals surface area contributed by atoms with Crippen LogP contribution < -0.4 is 10.1 Å². The monoisotopic (exact) mass is 429 g/mol. The van der Waals surface area contributed by atoms with E-state index in [0.29, 0.717) is 13.1 Å². The van der Waals surface area contributed by atoms with E-state index in [2.05, 4.69) is 38.8 Å². The van der Waals surface area contributed by atoms with Gasteiger partial charge in [0.05, 0.1) is 13.7 Å².